The van der Waals surface area contributed by atoms with Crippen LogP contribution in [0.15, 0.2) is 60.7 Å². The van der Waals surface area contributed by atoms with Crippen molar-refractivity contribution in [2.75, 3.05) is 6.54 Å². The molecule has 2 rings (SSSR count). The lowest BCUT2D eigenvalue weighted by molar-refractivity contribution is 0.0760. The highest BCUT2D eigenvalue weighted by molar-refractivity contribution is 6.23. The second kappa shape index (κ2) is 6.43. The molecule has 4 N–H and O–H groups in total. The molecular formula is C17H18N2O2. The second-order valence-corrected chi connectivity index (χ2v) is 4.90. The molecule has 0 radical (unpaired) electrons. The van der Waals surface area contributed by atoms with Crippen molar-refractivity contribution in [3.8, 4) is 0 Å². The van der Waals surface area contributed by atoms with Gasteiger partial charge in [0, 0.05) is 11.1 Å². The van der Waals surface area contributed by atoms with E-state index in [-0.39, 0.29) is 13.0 Å². The lowest BCUT2D eigenvalue weighted by Gasteiger charge is -2.26. The fourth-order valence-corrected chi connectivity index (χ4v) is 2.25. The Morgan fingerprint density at radius 3 is 1.52 bits per heavy atom. The summed E-state index contributed by atoms with van der Waals surface area (Å²) in [4.78, 5) is 25.3. The summed E-state index contributed by atoms with van der Waals surface area (Å²) in [5, 5.41) is 0. The van der Waals surface area contributed by atoms with E-state index in [9.17, 15) is 9.59 Å². The van der Waals surface area contributed by atoms with Crippen LogP contribution in [0.25, 0.3) is 0 Å². The summed E-state index contributed by atoms with van der Waals surface area (Å²) in [6.07, 6.45) is 0.106. The normalized spacial score (nSPS) is 11.1. The van der Waals surface area contributed by atoms with Crippen LogP contribution in [-0.4, -0.2) is 23.7 Å². The number of carbonyl (C=O) groups excluding carboxylic acids is 2. The van der Waals surface area contributed by atoms with Gasteiger partial charge in [-0.25, -0.2) is 0 Å². The van der Waals surface area contributed by atoms with E-state index in [4.69, 9.17) is 11.5 Å². The molecule has 0 spiro atoms. The van der Waals surface area contributed by atoms with E-state index < -0.39 is 17.1 Å². The molecule has 0 aliphatic carbocycles. The Labute approximate surface area is 123 Å². The fourth-order valence-electron chi connectivity index (χ4n) is 2.25. The third kappa shape index (κ3) is 3.07. The summed E-state index contributed by atoms with van der Waals surface area (Å²) in [6, 6.07) is 17.2. The van der Waals surface area contributed by atoms with E-state index in [2.05, 4.69) is 0 Å². The van der Waals surface area contributed by atoms with Crippen molar-refractivity contribution in [1.82, 2.24) is 0 Å². The highest BCUT2D eigenvalue weighted by Crippen LogP contribution is 2.20. The van der Waals surface area contributed by atoms with Gasteiger partial charge in [-0.05, 0) is 13.0 Å². The summed E-state index contributed by atoms with van der Waals surface area (Å²) in [5.41, 5.74) is 10.9. The Kier molecular flexibility index (Phi) is 4.62. The molecule has 0 heterocycles. The minimum Gasteiger partial charge on any atom is -0.330 e. The van der Waals surface area contributed by atoms with Gasteiger partial charge in [-0.15, -0.1) is 0 Å². The van der Waals surface area contributed by atoms with Crippen LogP contribution in [0, 0.1) is 0 Å². The Morgan fingerprint density at radius 1 is 0.810 bits per heavy atom. The number of ketones is 2. The number of hydrogen-bond donors (Lipinski definition) is 2. The number of nitrogens with two attached hydrogens (primary N) is 2. The maximum atomic E-state index is 12.7. The zero-order valence-corrected chi connectivity index (χ0v) is 11.7. The largest absolute Gasteiger partial charge is 0.330 e. The predicted molar refractivity (Wildman–Crippen MR) is 82.1 cm³/mol. The third-order valence-electron chi connectivity index (χ3n) is 3.42. The van der Waals surface area contributed by atoms with Gasteiger partial charge in [0.2, 0.25) is 0 Å². The molecule has 21 heavy (non-hydrogen) atoms. The van der Waals surface area contributed by atoms with E-state index in [1.165, 1.54) is 0 Å². The van der Waals surface area contributed by atoms with Crippen molar-refractivity contribution in [3.63, 3.8) is 0 Å². The van der Waals surface area contributed by atoms with Crippen LogP contribution in [0.5, 0.6) is 0 Å². The lowest BCUT2D eigenvalue weighted by Crippen LogP contribution is -2.56. The highest BCUT2D eigenvalue weighted by atomic mass is 16.2. The van der Waals surface area contributed by atoms with Gasteiger partial charge < -0.3 is 11.5 Å². The van der Waals surface area contributed by atoms with Crippen molar-refractivity contribution in [3.05, 3.63) is 71.8 Å². The van der Waals surface area contributed by atoms with E-state index in [1.54, 1.807) is 60.7 Å². The van der Waals surface area contributed by atoms with Gasteiger partial charge in [0.1, 0.15) is 5.54 Å². The molecule has 0 fully saturated rings. The molecule has 0 atom stereocenters. The Bertz CT molecular complexity index is 572. The molecule has 0 amide bonds. The SMILES string of the molecule is NCCC(N)(C(=O)c1ccccc1)C(=O)c1ccccc1. The predicted octanol–water partition coefficient (Wildman–Crippen LogP) is 1.80. The second-order valence-electron chi connectivity index (χ2n) is 4.90. The topological polar surface area (TPSA) is 86.2 Å². The van der Waals surface area contributed by atoms with Crippen LogP contribution in [0.3, 0.4) is 0 Å². The van der Waals surface area contributed by atoms with Crippen molar-refractivity contribution < 1.29 is 9.59 Å². The van der Waals surface area contributed by atoms with E-state index >= 15 is 0 Å². The number of hydrogen-bond acceptors (Lipinski definition) is 4. The molecule has 0 aliphatic heterocycles. The van der Waals surface area contributed by atoms with Crippen molar-refractivity contribution in [1.29, 1.82) is 0 Å². The molecule has 0 unspecified atom stereocenters. The average Bonchev–Trinajstić information content (AvgIpc) is 2.55. The first-order valence-electron chi connectivity index (χ1n) is 6.78. The van der Waals surface area contributed by atoms with Gasteiger partial charge in [-0.3, -0.25) is 9.59 Å². The standard InChI is InChI=1S/C17H18N2O2/c18-12-11-17(19,15(20)13-7-3-1-4-8-13)16(21)14-9-5-2-6-10-14/h1-10H,11-12,18-19H2. The molecule has 2 aromatic carbocycles. The zero-order valence-electron chi connectivity index (χ0n) is 11.7. The van der Waals surface area contributed by atoms with E-state index in [1.807, 2.05) is 0 Å². The molecule has 4 heteroatoms. The van der Waals surface area contributed by atoms with Gasteiger partial charge >= 0.3 is 0 Å². The zero-order chi connectivity index (χ0) is 15.3. The maximum absolute atomic E-state index is 12.7. The first-order valence-corrected chi connectivity index (χ1v) is 6.78. The molecule has 0 aromatic heterocycles. The molecule has 0 saturated heterocycles. The summed E-state index contributed by atoms with van der Waals surface area (Å²) in [7, 11) is 0. The highest BCUT2D eigenvalue weighted by Gasteiger charge is 2.41. The molecule has 108 valence electrons. The Morgan fingerprint density at radius 2 is 1.19 bits per heavy atom. The number of benzene rings is 2. The molecule has 0 aliphatic rings. The maximum Gasteiger partial charge on any atom is 0.190 e. The first kappa shape index (κ1) is 15.1. The van der Waals surface area contributed by atoms with Crippen molar-refractivity contribution in [2.45, 2.75) is 12.0 Å². The van der Waals surface area contributed by atoms with Crippen LogP contribution in [-0.2, 0) is 0 Å². The van der Waals surface area contributed by atoms with Gasteiger partial charge in [-0.1, -0.05) is 60.7 Å². The number of carbonyl (C=O) groups is 2. The van der Waals surface area contributed by atoms with Crippen LogP contribution < -0.4 is 11.5 Å². The fraction of sp³-hybridized carbons (Fsp3) is 0.176. The average molecular weight is 282 g/mol. The smallest absolute Gasteiger partial charge is 0.190 e. The molecule has 0 saturated carbocycles. The van der Waals surface area contributed by atoms with Crippen LogP contribution in [0.1, 0.15) is 27.1 Å². The molecule has 0 bridgehead atoms. The van der Waals surface area contributed by atoms with Crippen LogP contribution in [0.2, 0.25) is 0 Å². The number of rotatable bonds is 6. The minimum atomic E-state index is -1.63. The van der Waals surface area contributed by atoms with Crippen molar-refractivity contribution >= 4 is 11.6 Å². The summed E-state index contributed by atoms with van der Waals surface area (Å²) in [5.74, 6) is -0.801. The monoisotopic (exact) mass is 282 g/mol. The van der Waals surface area contributed by atoms with Gasteiger partial charge in [0.15, 0.2) is 11.6 Å². The van der Waals surface area contributed by atoms with Gasteiger partial charge in [-0.2, -0.15) is 0 Å². The summed E-state index contributed by atoms with van der Waals surface area (Å²) in [6.45, 7) is 0.160. The third-order valence-corrected chi connectivity index (χ3v) is 3.42. The van der Waals surface area contributed by atoms with Crippen LogP contribution >= 0.6 is 0 Å². The lowest BCUT2D eigenvalue weighted by atomic mass is 9.80. The minimum absolute atomic E-state index is 0.106. The Hall–Kier alpha value is -2.30. The van der Waals surface area contributed by atoms with Crippen molar-refractivity contribution in [2.24, 2.45) is 11.5 Å². The van der Waals surface area contributed by atoms with Crippen LogP contribution in [0.4, 0.5) is 0 Å². The van der Waals surface area contributed by atoms with E-state index in [0.29, 0.717) is 11.1 Å². The summed E-state index contributed by atoms with van der Waals surface area (Å²) >= 11 is 0. The molecule has 4 nitrogen and oxygen atoms in total. The quantitative estimate of drug-likeness (QED) is 0.625. The molecular weight excluding hydrogens is 264 g/mol. The van der Waals surface area contributed by atoms with Gasteiger partial charge in [0.25, 0.3) is 0 Å². The molecule has 2 aromatic rings. The van der Waals surface area contributed by atoms with E-state index in [0.717, 1.165) is 0 Å². The van der Waals surface area contributed by atoms with Gasteiger partial charge in [0.05, 0.1) is 0 Å². The summed E-state index contributed by atoms with van der Waals surface area (Å²) < 4.78 is 0. The first-order chi connectivity index (χ1) is 10.1. The Balaban J connectivity index is 2.41. The number of Topliss-reactive ketones (excluding diaryl/α,β-unsaturated/α-hetero) is 2.